The molecule has 2 aromatic rings. The molecule has 0 radical (unpaired) electrons. The maximum atomic E-state index is 12.3. The summed E-state index contributed by atoms with van der Waals surface area (Å²) < 4.78 is 9.87. The Morgan fingerprint density at radius 1 is 1.43 bits per heavy atom. The van der Waals surface area contributed by atoms with Crippen molar-refractivity contribution in [3.05, 3.63) is 36.1 Å². The molecule has 0 saturated carbocycles. The van der Waals surface area contributed by atoms with E-state index in [0.717, 1.165) is 18.5 Å². The number of urea groups is 1. The molecule has 8 nitrogen and oxygen atoms in total. The quantitative estimate of drug-likeness (QED) is 0.927. The summed E-state index contributed by atoms with van der Waals surface area (Å²) in [6.07, 6.45) is 4.94. The molecule has 1 aliphatic heterocycles. The lowest BCUT2D eigenvalue weighted by atomic mass is 9.94. The average molecular weight is 317 g/mol. The van der Waals surface area contributed by atoms with E-state index in [2.05, 4.69) is 20.4 Å². The number of rotatable bonds is 4. The number of methoxy groups -OCH3 is 1. The molecule has 3 heterocycles. The third-order valence-electron chi connectivity index (χ3n) is 3.87. The SMILES string of the molecule is COCc1nccc(NC(=O)N2CCC(c3ccon3)CC2)n1. The predicted octanol–water partition coefficient (Wildman–Crippen LogP) is 2.02. The molecule has 0 aliphatic carbocycles. The first-order valence-electron chi connectivity index (χ1n) is 7.53. The normalized spacial score (nSPS) is 15.6. The zero-order chi connectivity index (χ0) is 16.1. The van der Waals surface area contributed by atoms with E-state index in [1.54, 1.807) is 30.5 Å². The van der Waals surface area contributed by atoms with E-state index in [1.165, 1.54) is 0 Å². The van der Waals surface area contributed by atoms with Crippen LogP contribution in [0.5, 0.6) is 0 Å². The molecule has 8 heteroatoms. The highest BCUT2D eigenvalue weighted by Crippen LogP contribution is 2.26. The predicted molar refractivity (Wildman–Crippen MR) is 81.8 cm³/mol. The molecule has 0 bridgehead atoms. The van der Waals surface area contributed by atoms with Gasteiger partial charge in [0, 0.05) is 38.4 Å². The maximum absolute atomic E-state index is 12.3. The first kappa shape index (κ1) is 15.4. The van der Waals surface area contributed by atoms with Crippen LogP contribution in [0.4, 0.5) is 10.6 Å². The van der Waals surface area contributed by atoms with Crippen LogP contribution in [0, 0.1) is 0 Å². The number of aromatic nitrogens is 3. The largest absolute Gasteiger partial charge is 0.377 e. The van der Waals surface area contributed by atoms with Gasteiger partial charge in [-0.2, -0.15) is 0 Å². The Labute approximate surface area is 133 Å². The van der Waals surface area contributed by atoms with Gasteiger partial charge in [-0.25, -0.2) is 14.8 Å². The summed E-state index contributed by atoms with van der Waals surface area (Å²) in [5, 5.41) is 6.79. The van der Waals surface area contributed by atoms with E-state index in [-0.39, 0.29) is 6.03 Å². The van der Waals surface area contributed by atoms with E-state index in [9.17, 15) is 4.79 Å². The van der Waals surface area contributed by atoms with Crippen LogP contribution in [0.25, 0.3) is 0 Å². The number of hydrogen-bond acceptors (Lipinski definition) is 6. The molecule has 1 aliphatic rings. The van der Waals surface area contributed by atoms with Crippen molar-refractivity contribution in [3.63, 3.8) is 0 Å². The maximum Gasteiger partial charge on any atom is 0.323 e. The van der Waals surface area contributed by atoms with Gasteiger partial charge in [-0.15, -0.1) is 0 Å². The van der Waals surface area contributed by atoms with Gasteiger partial charge in [0.15, 0.2) is 5.82 Å². The van der Waals surface area contributed by atoms with E-state index < -0.39 is 0 Å². The molecule has 1 N–H and O–H groups in total. The summed E-state index contributed by atoms with van der Waals surface area (Å²) in [5.74, 6) is 1.37. The molecule has 3 rings (SSSR count). The van der Waals surface area contributed by atoms with Crippen molar-refractivity contribution < 1.29 is 14.1 Å². The van der Waals surface area contributed by atoms with E-state index in [1.807, 2.05) is 6.07 Å². The Hall–Kier alpha value is -2.48. The van der Waals surface area contributed by atoms with Crippen molar-refractivity contribution in [1.29, 1.82) is 0 Å². The zero-order valence-corrected chi connectivity index (χ0v) is 12.9. The Balaban J connectivity index is 1.54. The number of likely N-dealkylation sites (tertiary alicyclic amines) is 1. The molecule has 0 spiro atoms. The van der Waals surface area contributed by atoms with Crippen molar-refractivity contribution in [3.8, 4) is 0 Å². The second-order valence-corrected chi connectivity index (χ2v) is 5.41. The van der Waals surface area contributed by atoms with Gasteiger partial charge in [0.25, 0.3) is 0 Å². The monoisotopic (exact) mass is 317 g/mol. The van der Waals surface area contributed by atoms with E-state index in [0.29, 0.717) is 37.3 Å². The second-order valence-electron chi connectivity index (χ2n) is 5.41. The van der Waals surface area contributed by atoms with Crippen LogP contribution < -0.4 is 5.32 Å². The van der Waals surface area contributed by atoms with Crippen LogP contribution in [-0.4, -0.2) is 46.3 Å². The third-order valence-corrected chi connectivity index (χ3v) is 3.87. The zero-order valence-electron chi connectivity index (χ0n) is 12.9. The molecule has 0 aromatic carbocycles. The van der Waals surface area contributed by atoms with E-state index >= 15 is 0 Å². The fraction of sp³-hybridized carbons (Fsp3) is 0.467. The minimum Gasteiger partial charge on any atom is -0.377 e. The van der Waals surface area contributed by atoms with Gasteiger partial charge in [-0.05, 0) is 18.9 Å². The summed E-state index contributed by atoms with van der Waals surface area (Å²) in [5.41, 5.74) is 0.963. The molecule has 23 heavy (non-hydrogen) atoms. The molecule has 1 saturated heterocycles. The van der Waals surface area contributed by atoms with Crippen molar-refractivity contribution in [1.82, 2.24) is 20.0 Å². The Kier molecular flexibility index (Phi) is 4.82. The van der Waals surface area contributed by atoms with Gasteiger partial charge >= 0.3 is 6.03 Å². The smallest absolute Gasteiger partial charge is 0.323 e. The van der Waals surface area contributed by atoms with E-state index in [4.69, 9.17) is 9.26 Å². The van der Waals surface area contributed by atoms with Gasteiger partial charge in [0.2, 0.25) is 0 Å². The summed E-state index contributed by atoms with van der Waals surface area (Å²) >= 11 is 0. The number of hydrogen-bond donors (Lipinski definition) is 1. The van der Waals surface area contributed by atoms with Crippen molar-refractivity contribution >= 4 is 11.8 Å². The number of amides is 2. The molecule has 1 fully saturated rings. The van der Waals surface area contributed by atoms with Gasteiger partial charge in [-0.3, -0.25) is 5.32 Å². The van der Waals surface area contributed by atoms with Crippen LogP contribution in [0.3, 0.4) is 0 Å². The lowest BCUT2D eigenvalue weighted by Crippen LogP contribution is -2.40. The first-order chi connectivity index (χ1) is 11.3. The van der Waals surface area contributed by atoms with Crippen LogP contribution in [-0.2, 0) is 11.3 Å². The molecule has 0 unspecified atom stereocenters. The first-order valence-corrected chi connectivity index (χ1v) is 7.53. The fourth-order valence-corrected chi connectivity index (χ4v) is 2.67. The number of ether oxygens (including phenoxy) is 1. The van der Waals surface area contributed by atoms with Crippen LogP contribution in [0.1, 0.15) is 30.3 Å². The highest BCUT2D eigenvalue weighted by molar-refractivity contribution is 5.88. The van der Waals surface area contributed by atoms with Crippen molar-refractivity contribution in [2.24, 2.45) is 0 Å². The Bertz CT molecular complexity index is 638. The number of nitrogens with one attached hydrogen (secondary N) is 1. The van der Waals surface area contributed by atoms with Crippen LogP contribution >= 0.6 is 0 Å². The highest BCUT2D eigenvalue weighted by atomic mass is 16.5. The fourth-order valence-electron chi connectivity index (χ4n) is 2.67. The second kappa shape index (κ2) is 7.19. The molecular weight excluding hydrogens is 298 g/mol. The summed E-state index contributed by atoms with van der Waals surface area (Å²) in [6, 6.07) is 3.41. The summed E-state index contributed by atoms with van der Waals surface area (Å²) in [7, 11) is 1.58. The third kappa shape index (κ3) is 3.84. The van der Waals surface area contributed by atoms with Crippen molar-refractivity contribution in [2.75, 3.05) is 25.5 Å². The van der Waals surface area contributed by atoms with Gasteiger partial charge in [-0.1, -0.05) is 5.16 Å². The lowest BCUT2D eigenvalue weighted by Gasteiger charge is -2.30. The molecular formula is C15H19N5O3. The topological polar surface area (TPSA) is 93.4 Å². The lowest BCUT2D eigenvalue weighted by molar-refractivity contribution is 0.177. The number of nitrogens with zero attached hydrogens (tertiary/aromatic N) is 4. The average Bonchev–Trinajstić information content (AvgIpc) is 3.10. The number of piperidine rings is 1. The minimum atomic E-state index is -0.148. The standard InChI is InChI=1S/C15H19N5O3/c1-22-10-14-16-6-2-13(17-14)18-15(21)20-7-3-11(4-8-20)12-5-9-23-19-12/h2,5-6,9,11H,3-4,7-8,10H2,1H3,(H,16,17,18,21). The molecule has 0 atom stereocenters. The van der Waals surface area contributed by atoms with Crippen LogP contribution in [0.15, 0.2) is 29.1 Å². The number of carbonyl (C=O) groups excluding carboxylic acids is 1. The summed E-state index contributed by atoms with van der Waals surface area (Å²) in [4.78, 5) is 22.4. The van der Waals surface area contributed by atoms with Gasteiger partial charge in [0.1, 0.15) is 18.7 Å². The Morgan fingerprint density at radius 2 is 2.26 bits per heavy atom. The van der Waals surface area contributed by atoms with Gasteiger partial charge in [0.05, 0.1) is 5.69 Å². The molecule has 2 amide bonds. The van der Waals surface area contributed by atoms with Crippen LogP contribution in [0.2, 0.25) is 0 Å². The van der Waals surface area contributed by atoms with Gasteiger partial charge < -0.3 is 14.2 Å². The highest BCUT2D eigenvalue weighted by Gasteiger charge is 2.25. The number of anilines is 1. The summed E-state index contributed by atoms with van der Waals surface area (Å²) in [6.45, 7) is 1.67. The molecule has 2 aromatic heterocycles. The van der Waals surface area contributed by atoms with Crippen molar-refractivity contribution in [2.45, 2.75) is 25.4 Å². The molecule has 122 valence electrons. The number of carbonyl (C=O) groups is 1. The Morgan fingerprint density at radius 3 is 2.96 bits per heavy atom. The minimum absolute atomic E-state index is 0.148.